The Kier molecular flexibility index (Phi) is 8.20. The smallest absolute Gasteiger partial charge is 0.248 e. The first kappa shape index (κ1) is 23.0. The number of halogens is 1. The molecule has 6 nitrogen and oxygen atoms in total. The summed E-state index contributed by atoms with van der Waals surface area (Å²) in [6, 6.07) is 11.2. The van der Waals surface area contributed by atoms with Crippen LogP contribution in [0, 0.1) is 0 Å². The summed E-state index contributed by atoms with van der Waals surface area (Å²) in [4.78, 5) is 17.3. The first-order valence-electron chi connectivity index (χ1n) is 10.6. The normalized spacial score (nSPS) is 14.6. The van der Waals surface area contributed by atoms with Crippen molar-refractivity contribution in [3.63, 3.8) is 0 Å². The van der Waals surface area contributed by atoms with Crippen molar-refractivity contribution >= 4 is 35.0 Å². The van der Waals surface area contributed by atoms with E-state index < -0.39 is 0 Å². The number of amides is 1. The number of anilines is 2. The molecule has 1 aliphatic rings. The zero-order valence-electron chi connectivity index (χ0n) is 18.4. The van der Waals surface area contributed by atoms with E-state index in [0.717, 1.165) is 49.7 Å². The SMILES string of the molecule is CCOc1ccc(/C=C/C(=O)Nc2cccc(Cl)c2N2CCN(CC)CC2)cc1OC. The van der Waals surface area contributed by atoms with Crippen molar-refractivity contribution in [2.24, 2.45) is 0 Å². The van der Waals surface area contributed by atoms with Crippen LogP contribution in [0.4, 0.5) is 11.4 Å². The van der Waals surface area contributed by atoms with E-state index in [0.29, 0.717) is 23.1 Å². The second-order valence-electron chi connectivity index (χ2n) is 7.22. The van der Waals surface area contributed by atoms with Gasteiger partial charge in [-0.15, -0.1) is 0 Å². The van der Waals surface area contributed by atoms with Gasteiger partial charge in [-0.3, -0.25) is 4.79 Å². The summed E-state index contributed by atoms with van der Waals surface area (Å²) < 4.78 is 10.9. The highest BCUT2D eigenvalue weighted by atomic mass is 35.5. The largest absolute Gasteiger partial charge is 0.493 e. The summed E-state index contributed by atoms with van der Waals surface area (Å²) in [5.74, 6) is 1.09. The lowest BCUT2D eigenvalue weighted by Crippen LogP contribution is -2.46. The second kappa shape index (κ2) is 11.1. The fourth-order valence-electron chi connectivity index (χ4n) is 3.63. The van der Waals surface area contributed by atoms with Gasteiger partial charge in [-0.25, -0.2) is 0 Å². The molecule has 1 saturated heterocycles. The van der Waals surface area contributed by atoms with E-state index in [1.165, 1.54) is 6.08 Å². The molecule has 2 aromatic carbocycles. The lowest BCUT2D eigenvalue weighted by Gasteiger charge is -2.36. The third kappa shape index (κ3) is 5.93. The van der Waals surface area contributed by atoms with E-state index in [4.69, 9.17) is 21.1 Å². The van der Waals surface area contributed by atoms with Gasteiger partial charge in [0.2, 0.25) is 5.91 Å². The van der Waals surface area contributed by atoms with Crippen LogP contribution in [-0.2, 0) is 4.79 Å². The monoisotopic (exact) mass is 443 g/mol. The van der Waals surface area contributed by atoms with Gasteiger partial charge >= 0.3 is 0 Å². The number of nitrogens with zero attached hydrogens (tertiary/aromatic N) is 2. The number of methoxy groups -OCH3 is 1. The topological polar surface area (TPSA) is 54.0 Å². The average molecular weight is 444 g/mol. The quantitative estimate of drug-likeness (QED) is 0.607. The highest BCUT2D eigenvalue weighted by Crippen LogP contribution is 2.34. The van der Waals surface area contributed by atoms with Gasteiger partial charge in [-0.1, -0.05) is 30.7 Å². The number of rotatable bonds is 8. The third-order valence-corrected chi connectivity index (χ3v) is 5.60. The van der Waals surface area contributed by atoms with Crippen molar-refractivity contribution < 1.29 is 14.3 Å². The van der Waals surface area contributed by atoms with Gasteiger partial charge in [0.25, 0.3) is 0 Å². The molecule has 1 aliphatic heterocycles. The van der Waals surface area contributed by atoms with Gasteiger partial charge in [0.15, 0.2) is 11.5 Å². The number of piperazine rings is 1. The molecular formula is C24H30ClN3O3. The minimum Gasteiger partial charge on any atom is -0.493 e. The Bertz CT molecular complexity index is 924. The molecule has 0 aliphatic carbocycles. The summed E-state index contributed by atoms with van der Waals surface area (Å²) in [5, 5.41) is 3.62. The van der Waals surface area contributed by atoms with Crippen LogP contribution in [-0.4, -0.2) is 57.2 Å². The number of likely N-dealkylation sites (N-methyl/N-ethyl adjacent to an activating group) is 1. The zero-order valence-corrected chi connectivity index (χ0v) is 19.1. The lowest BCUT2D eigenvalue weighted by atomic mass is 10.1. The molecule has 0 atom stereocenters. The minimum atomic E-state index is -0.219. The Morgan fingerprint density at radius 2 is 1.90 bits per heavy atom. The van der Waals surface area contributed by atoms with Gasteiger partial charge in [0.05, 0.1) is 30.1 Å². The van der Waals surface area contributed by atoms with Crippen LogP contribution in [0.25, 0.3) is 6.08 Å². The number of hydrogen-bond donors (Lipinski definition) is 1. The predicted octanol–water partition coefficient (Wildman–Crippen LogP) is 4.54. The standard InChI is InChI=1S/C24H30ClN3O3/c1-4-27-13-15-28(16-14-27)24-19(25)7-6-8-20(24)26-23(29)12-10-18-9-11-21(31-5-2)22(17-18)30-3/h6-12,17H,4-5,13-16H2,1-3H3,(H,26,29)/b12-10+. The second-order valence-corrected chi connectivity index (χ2v) is 7.63. The molecule has 0 saturated carbocycles. The highest BCUT2D eigenvalue weighted by molar-refractivity contribution is 6.34. The highest BCUT2D eigenvalue weighted by Gasteiger charge is 2.21. The van der Waals surface area contributed by atoms with E-state index in [2.05, 4.69) is 22.0 Å². The number of benzene rings is 2. The first-order chi connectivity index (χ1) is 15.0. The van der Waals surface area contributed by atoms with Crippen molar-refractivity contribution in [1.82, 2.24) is 4.90 Å². The molecule has 0 aromatic heterocycles. The molecule has 0 spiro atoms. The zero-order chi connectivity index (χ0) is 22.2. The van der Waals surface area contributed by atoms with Gasteiger partial charge in [0.1, 0.15) is 0 Å². The Hall–Kier alpha value is -2.70. The molecule has 166 valence electrons. The van der Waals surface area contributed by atoms with Crippen LogP contribution in [0.15, 0.2) is 42.5 Å². The average Bonchev–Trinajstić information content (AvgIpc) is 2.79. The molecule has 1 amide bonds. The number of ether oxygens (including phenoxy) is 2. The number of carbonyl (C=O) groups excluding carboxylic acids is 1. The molecule has 0 radical (unpaired) electrons. The molecule has 0 unspecified atom stereocenters. The Balaban J connectivity index is 1.72. The van der Waals surface area contributed by atoms with Crippen molar-refractivity contribution in [2.75, 3.05) is 56.7 Å². The molecule has 3 rings (SSSR count). The van der Waals surface area contributed by atoms with Crippen LogP contribution in [0.5, 0.6) is 11.5 Å². The molecule has 7 heteroatoms. The molecular weight excluding hydrogens is 414 g/mol. The molecule has 1 heterocycles. The van der Waals surface area contributed by atoms with Crippen molar-refractivity contribution in [3.05, 3.63) is 53.1 Å². The van der Waals surface area contributed by atoms with Gasteiger partial charge in [-0.05, 0) is 49.4 Å². The fraction of sp³-hybridized carbons (Fsp3) is 0.375. The number of nitrogens with one attached hydrogen (secondary N) is 1. The van der Waals surface area contributed by atoms with Crippen LogP contribution in [0.3, 0.4) is 0 Å². The molecule has 0 bridgehead atoms. The van der Waals surface area contributed by atoms with Crippen molar-refractivity contribution in [1.29, 1.82) is 0 Å². The van der Waals surface area contributed by atoms with Gasteiger partial charge in [-0.2, -0.15) is 0 Å². The van der Waals surface area contributed by atoms with E-state index in [1.54, 1.807) is 13.2 Å². The Labute approximate surface area is 189 Å². The molecule has 1 fully saturated rings. The maximum atomic E-state index is 12.6. The molecule has 31 heavy (non-hydrogen) atoms. The van der Waals surface area contributed by atoms with E-state index >= 15 is 0 Å². The van der Waals surface area contributed by atoms with Crippen molar-refractivity contribution in [3.8, 4) is 11.5 Å². The molecule has 2 aromatic rings. The van der Waals surface area contributed by atoms with Crippen LogP contribution in [0.1, 0.15) is 19.4 Å². The lowest BCUT2D eigenvalue weighted by molar-refractivity contribution is -0.111. The predicted molar refractivity (Wildman–Crippen MR) is 128 cm³/mol. The Morgan fingerprint density at radius 3 is 2.58 bits per heavy atom. The number of carbonyl (C=O) groups is 1. The van der Waals surface area contributed by atoms with E-state index in [-0.39, 0.29) is 5.91 Å². The van der Waals surface area contributed by atoms with Crippen LogP contribution < -0.4 is 19.7 Å². The van der Waals surface area contributed by atoms with Crippen LogP contribution >= 0.6 is 11.6 Å². The summed E-state index contributed by atoms with van der Waals surface area (Å²) in [5.41, 5.74) is 2.44. The third-order valence-electron chi connectivity index (χ3n) is 5.30. The summed E-state index contributed by atoms with van der Waals surface area (Å²) in [6.07, 6.45) is 3.26. The van der Waals surface area contributed by atoms with Crippen molar-refractivity contribution in [2.45, 2.75) is 13.8 Å². The van der Waals surface area contributed by atoms with Crippen LogP contribution in [0.2, 0.25) is 5.02 Å². The summed E-state index contributed by atoms with van der Waals surface area (Å²) in [6.45, 7) is 9.41. The van der Waals surface area contributed by atoms with E-state index in [9.17, 15) is 4.79 Å². The van der Waals surface area contributed by atoms with E-state index in [1.807, 2.05) is 43.3 Å². The number of hydrogen-bond acceptors (Lipinski definition) is 5. The summed E-state index contributed by atoms with van der Waals surface area (Å²) in [7, 11) is 1.60. The Morgan fingerprint density at radius 1 is 1.13 bits per heavy atom. The number of para-hydroxylation sites is 1. The summed E-state index contributed by atoms with van der Waals surface area (Å²) >= 11 is 6.51. The maximum absolute atomic E-state index is 12.6. The minimum absolute atomic E-state index is 0.219. The fourth-order valence-corrected chi connectivity index (χ4v) is 3.93. The van der Waals surface area contributed by atoms with Gasteiger partial charge < -0.3 is 24.6 Å². The van der Waals surface area contributed by atoms with Gasteiger partial charge in [0, 0.05) is 32.3 Å². The molecule has 1 N–H and O–H groups in total. The first-order valence-corrected chi connectivity index (χ1v) is 11.0. The maximum Gasteiger partial charge on any atom is 0.248 e.